The standard InChI is InChI=1S/C46H75N7O9S2/c1-31(2)13-9-14-32(3)15-10-17-35(6)25-28-64-30-40(45(60)61)52-43(57)38(50-37(8)54)23-26-48-46(62)49-36(7)20-12-19-33(4)16-11-18-34(5)24-27-63-29-39(44(58)59)51-41(55)21-22-42(56)53-47/h13,15-16,20,24-25,38-40H,9-12,14,17-19,21-23,26-30,47H2,1-8H3,(H,50,54)(H,51,55)(H,52,57)(H,53,56)(H,58,59)(H,60,61)(H2,48,49,62)/b32-15+,33-16+,34-24+,35-25+,36-20+/t38?,39-,40-/m0/s1. The van der Waals surface area contributed by atoms with Crippen LogP contribution in [0.15, 0.2) is 70.0 Å². The number of carbonyl (C=O) groups is 7. The third-order valence-corrected chi connectivity index (χ3v) is 11.5. The van der Waals surface area contributed by atoms with Crippen LogP contribution in [0.3, 0.4) is 0 Å². The zero-order valence-electron chi connectivity index (χ0n) is 39.2. The van der Waals surface area contributed by atoms with Gasteiger partial charge in [0.25, 0.3) is 0 Å². The van der Waals surface area contributed by atoms with Crippen LogP contribution in [0.2, 0.25) is 0 Å². The molecule has 0 aliphatic rings. The average Bonchev–Trinajstić information content (AvgIpc) is 3.21. The molecule has 360 valence electrons. The molecule has 3 atom stereocenters. The largest absolute Gasteiger partial charge is 0.480 e. The van der Waals surface area contributed by atoms with E-state index in [0.717, 1.165) is 50.5 Å². The van der Waals surface area contributed by atoms with E-state index in [2.05, 4.69) is 78.6 Å². The molecule has 0 fully saturated rings. The van der Waals surface area contributed by atoms with Crippen LogP contribution < -0.4 is 37.9 Å². The van der Waals surface area contributed by atoms with Gasteiger partial charge in [-0.1, -0.05) is 64.3 Å². The van der Waals surface area contributed by atoms with Gasteiger partial charge >= 0.3 is 18.0 Å². The number of aliphatic carboxylic acids is 2. The fourth-order valence-electron chi connectivity index (χ4n) is 5.69. The van der Waals surface area contributed by atoms with Gasteiger partial charge in [-0.3, -0.25) is 24.6 Å². The Morgan fingerprint density at radius 1 is 0.547 bits per heavy atom. The Bertz CT molecular complexity index is 1720. The number of rotatable bonds is 33. The first-order chi connectivity index (χ1) is 30.2. The monoisotopic (exact) mass is 934 g/mol. The Morgan fingerprint density at radius 3 is 1.47 bits per heavy atom. The molecule has 6 amide bonds. The average molecular weight is 934 g/mol. The van der Waals surface area contributed by atoms with Gasteiger partial charge in [-0.05, 0) is 106 Å². The highest BCUT2D eigenvalue weighted by atomic mass is 32.2. The summed E-state index contributed by atoms with van der Waals surface area (Å²) < 4.78 is 0. The summed E-state index contributed by atoms with van der Waals surface area (Å²) in [6.07, 6.45) is 19.5. The number of carboxylic acid groups (broad SMARTS) is 2. The van der Waals surface area contributed by atoms with Gasteiger partial charge in [0.2, 0.25) is 23.6 Å². The van der Waals surface area contributed by atoms with E-state index in [-0.39, 0.29) is 37.3 Å². The molecule has 0 heterocycles. The maximum Gasteiger partial charge on any atom is 0.327 e. The van der Waals surface area contributed by atoms with Crippen LogP contribution in [0, 0.1) is 0 Å². The van der Waals surface area contributed by atoms with Gasteiger partial charge < -0.3 is 36.8 Å². The van der Waals surface area contributed by atoms with Gasteiger partial charge in [-0.25, -0.2) is 20.2 Å². The SMILES string of the molecule is CC(=O)NC(CCNC(=O)N/C(C)=C/CC/C(C)=C/CC/C(C)=C/CSC[C@H](NC(=O)CCC(=O)NN)C(=O)O)C(=O)N[C@@H](CSC/C=C(\C)CC/C=C(\C)CCC=C(C)C)C(=O)O. The molecule has 0 radical (unpaired) electrons. The molecule has 0 aromatic carbocycles. The van der Waals surface area contributed by atoms with Crippen LogP contribution in [-0.2, 0) is 28.8 Å². The lowest BCUT2D eigenvalue weighted by atomic mass is 10.1. The van der Waals surface area contributed by atoms with Crippen molar-refractivity contribution in [2.45, 2.75) is 144 Å². The summed E-state index contributed by atoms with van der Waals surface area (Å²) in [5.74, 6) is 2.03. The van der Waals surface area contributed by atoms with Gasteiger partial charge in [0, 0.05) is 55.0 Å². The van der Waals surface area contributed by atoms with Gasteiger partial charge in [0.15, 0.2) is 0 Å². The highest BCUT2D eigenvalue weighted by molar-refractivity contribution is 7.99. The fraction of sp³-hybridized carbons (Fsp3) is 0.587. The number of nitrogens with two attached hydrogens (primary N) is 1. The van der Waals surface area contributed by atoms with Crippen molar-refractivity contribution in [2.75, 3.05) is 29.6 Å². The lowest BCUT2D eigenvalue weighted by molar-refractivity contribution is -0.141. The van der Waals surface area contributed by atoms with E-state index < -0.39 is 59.7 Å². The lowest BCUT2D eigenvalue weighted by Gasteiger charge is -2.21. The minimum absolute atomic E-state index is 0.0476. The smallest absolute Gasteiger partial charge is 0.327 e. The quantitative estimate of drug-likeness (QED) is 0.0115. The molecule has 0 spiro atoms. The van der Waals surface area contributed by atoms with Gasteiger partial charge in [-0.15, -0.1) is 0 Å². The topological polar surface area (TPSA) is 258 Å². The number of allylic oxidation sites excluding steroid dienone is 10. The van der Waals surface area contributed by atoms with E-state index in [1.54, 1.807) is 6.92 Å². The molecule has 0 aromatic heterocycles. The molecule has 16 nitrogen and oxygen atoms in total. The number of nitrogens with one attached hydrogen (secondary N) is 6. The van der Waals surface area contributed by atoms with Gasteiger partial charge in [0.1, 0.15) is 18.1 Å². The Labute approximate surface area is 389 Å². The second-order valence-corrected chi connectivity index (χ2v) is 18.1. The zero-order valence-corrected chi connectivity index (χ0v) is 40.8. The summed E-state index contributed by atoms with van der Waals surface area (Å²) in [6.45, 7) is 15.5. The number of urea groups is 1. The molecule has 1 unspecified atom stereocenters. The summed E-state index contributed by atoms with van der Waals surface area (Å²) in [7, 11) is 0. The van der Waals surface area contributed by atoms with Crippen molar-refractivity contribution < 1.29 is 43.8 Å². The van der Waals surface area contributed by atoms with Crippen LogP contribution in [0.1, 0.15) is 126 Å². The van der Waals surface area contributed by atoms with E-state index in [4.69, 9.17) is 5.84 Å². The number of hydrogen-bond acceptors (Lipinski definition) is 10. The van der Waals surface area contributed by atoms with Crippen molar-refractivity contribution in [1.29, 1.82) is 0 Å². The van der Waals surface area contributed by atoms with Crippen LogP contribution in [0.4, 0.5) is 4.79 Å². The van der Waals surface area contributed by atoms with Crippen molar-refractivity contribution in [3.63, 3.8) is 0 Å². The molecular weight excluding hydrogens is 859 g/mol. The van der Waals surface area contributed by atoms with Crippen LogP contribution in [-0.4, -0.2) is 99.5 Å². The van der Waals surface area contributed by atoms with Crippen LogP contribution >= 0.6 is 23.5 Å². The van der Waals surface area contributed by atoms with Crippen molar-refractivity contribution in [1.82, 2.24) is 32.0 Å². The highest BCUT2D eigenvalue weighted by Crippen LogP contribution is 2.15. The summed E-state index contributed by atoms with van der Waals surface area (Å²) in [4.78, 5) is 84.2. The first kappa shape index (κ1) is 59.2. The normalized spacial score (nSPS) is 13.8. The lowest BCUT2D eigenvalue weighted by Crippen LogP contribution is -2.53. The zero-order chi connectivity index (χ0) is 48.5. The Morgan fingerprint density at radius 2 is 1.00 bits per heavy atom. The highest BCUT2D eigenvalue weighted by Gasteiger charge is 2.26. The van der Waals surface area contributed by atoms with E-state index in [1.165, 1.54) is 52.7 Å². The molecule has 0 aliphatic carbocycles. The van der Waals surface area contributed by atoms with Crippen LogP contribution in [0.5, 0.6) is 0 Å². The molecular formula is C46H75N7O9S2. The minimum atomic E-state index is -1.18. The summed E-state index contributed by atoms with van der Waals surface area (Å²) in [6, 6.07) is -3.74. The third-order valence-electron chi connectivity index (χ3n) is 9.52. The number of carboxylic acids is 2. The summed E-state index contributed by atoms with van der Waals surface area (Å²) in [5.41, 5.74) is 8.81. The Kier molecular flexibility index (Phi) is 32.9. The molecule has 64 heavy (non-hydrogen) atoms. The van der Waals surface area contributed by atoms with E-state index in [1.807, 2.05) is 31.4 Å². The van der Waals surface area contributed by atoms with Gasteiger partial charge in [-0.2, -0.15) is 23.5 Å². The number of amides is 6. The molecule has 0 saturated heterocycles. The molecule has 0 rings (SSSR count). The first-order valence-corrected chi connectivity index (χ1v) is 24.0. The predicted molar refractivity (Wildman–Crippen MR) is 259 cm³/mol. The Hall–Kier alpha value is -4.81. The molecule has 18 heteroatoms. The molecule has 0 bridgehead atoms. The number of carbonyl (C=O) groups excluding carboxylic acids is 5. The molecule has 10 N–H and O–H groups in total. The Balaban J connectivity index is 4.73. The van der Waals surface area contributed by atoms with E-state index in [0.29, 0.717) is 23.6 Å². The van der Waals surface area contributed by atoms with Crippen LogP contribution in [0.25, 0.3) is 0 Å². The van der Waals surface area contributed by atoms with Crippen molar-refractivity contribution in [3.8, 4) is 0 Å². The third kappa shape index (κ3) is 32.8. The van der Waals surface area contributed by atoms with Crippen molar-refractivity contribution >= 4 is 65.1 Å². The van der Waals surface area contributed by atoms with E-state index >= 15 is 0 Å². The molecule has 0 saturated carbocycles. The summed E-state index contributed by atoms with van der Waals surface area (Å²) >= 11 is 2.78. The second kappa shape index (κ2) is 35.5. The predicted octanol–water partition coefficient (Wildman–Crippen LogP) is 6.33. The maximum atomic E-state index is 13.1. The van der Waals surface area contributed by atoms with Gasteiger partial charge in [0.05, 0.1) is 0 Å². The van der Waals surface area contributed by atoms with Crippen molar-refractivity contribution in [2.24, 2.45) is 5.84 Å². The fourth-order valence-corrected chi connectivity index (χ4v) is 7.69. The maximum absolute atomic E-state index is 13.1. The molecule has 0 aromatic rings. The van der Waals surface area contributed by atoms with Crippen molar-refractivity contribution in [3.05, 3.63) is 70.0 Å². The molecule has 0 aliphatic heterocycles. The number of thioether (sulfide) groups is 2. The minimum Gasteiger partial charge on any atom is -0.480 e. The first-order valence-electron chi connectivity index (χ1n) is 21.7. The second-order valence-electron chi connectivity index (χ2n) is 15.9. The number of hydrogen-bond donors (Lipinski definition) is 9. The number of hydrazine groups is 1. The summed E-state index contributed by atoms with van der Waals surface area (Å²) in [5, 5.41) is 32.2. The van der Waals surface area contributed by atoms with E-state index in [9.17, 15) is 43.8 Å².